The predicted octanol–water partition coefficient (Wildman–Crippen LogP) is 4.72. The van der Waals surface area contributed by atoms with Crippen LogP contribution in [0.4, 0.5) is 5.69 Å². The van der Waals surface area contributed by atoms with Crippen molar-refractivity contribution in [2.45, 2.75) is 13.0 Å². The van der Waals surface area contributed by atoms with Crippen molar-refractivity contribution in [2.24, 2.45) is 0 Å². The minimum Gasteiger partial charge on any atom is -0.493 e. The van der Waals surface area contributed by atoms with Crippen LogP contribution in [0.5, 0.6) is 11.5 Å². The largest absolute Gasteiger partial charge is 0.493 e. The molecule has 3 N–H and O–H groups in total. The number of carbonyl (C=O) groups excluding carboxylic acids is 2. The van der Waals surface area contributed by atoms with Gasteiger partial charge in [0, 0.05) is 17.3 Å². The molecule has 1 unspecified atom stereocenters. The third-order valence-corrected chi connectivity index (χ3v) is 5.33. The van der Waals surface area contributed by atoms with Crippen LogP contribution >= 0.6 is 12.2 Å². The Morgan fingerprint density at radius 1 is 0.914 bits per heavy atom. The highest BCUT2D eigenvalue weighted by Crippen LogP contribution is 2.27. The van der Waals surface area contributed by atoms with E-state index in [1.165, 1.54) is 6.08 Å². The fourth-order valence-electron chi connectivity index (χ4n) is 3.25. The Labute approximate surface area is 210 Å². The Bertz CT molecular complexity index is 1210. The van der Waals surface area contributed by atoms with E-state index in [1.807, 2.05) is 37.3 Å². The van der Waals surface area contributed by atoms with Crippen molar-refractivity contribution in [3.8, 4) is 11.5 Å². The first-order valence-electron chi connectivity index (χ1n) is 10.9. The average molecular weight is 490 g/mol. The average Bonchev–Trinajstić information content (AvgIpc) is 2.88. The molecule has 0 aliphatic carbocycles. The molecule has 2 amide bonds. The van der Waals surface area contributed by atoms with Crippen molar-refractivity contribution in [1.29, 1.82) is 0 Å². The Balaban J connectivity index is 1.51. The molecule has 0 aliphatic heterocycles. The van der Waals surface area contributed by atoms with E-state index < -0.39 is 0 Å². The van der Waals surface area contributed by atoms with Gasteiger partial charge in [0.05, 0.1) is 20.3 Å². The smallest absolute Gasteiger partial charge is 0.251 e. The third kappa shape index (κ3) is 7.41. The third-order valence-electron chi connectivity index (χ3n) is 5.12. The molecule has 8 heteroatoms. The highest BCUT2D eigenvalue weighted by molar-refractivity contribution is 7.80. The number of rotatable bonds is 8. The number of benzene rings is 3. The number of hydrogen-bond acceptors (Lipinski definition) is 5. The first-order valence-corrected chi connectivity index (χ1v) is 11.3. The molecule has 0 spiro atoms. The first-order chi connectivity index (χ1) is 16.9. The lowest BCUT2D eigenvalue weighted by Crippen LogP contribution is -2.32. The minimum absolute atomic E-state index is 0.114. The summed E-state index contributed by atoms with van der Waals surface area (Å²) in [4.78, 5) is 24.8. The zero-order chi connectivity index (χ0) is 25.2. The number of ether oxygens (including phenoxy) is 2. The summed E-state index contributed by atoms with van der Waals surface area (Å²) in [6.07, 6.45) is 3.01. The van der Waals surface area contributed by atoms with E-state index >= 15 is 0 Å². The van der Waals surface area contributed by atoms with Crippen LogP contribution in [0.2, 0.25) is 0 Å². The van der Waals surface area contributed by atoms with Crippen molar-refractivity contribution in [3.63, 3.8) is 0 Å². The number of thiocarbonyl (C=S) groups is 1. The van der Waals surface area contributed by atoms with Crippen LogP contribution < -0.4 is 25.4 Å². The number of amides is 2. The number of carbonyl (C=O) groups is 2. The van der Waals surface area contributed by atoms with Crippen LogP contribution in [-0.4, -0.2) is 31.1 Å². The highest BCUT2D eigenvalue weighted by atomic mass is 32.1. The van der Waals surface area contributed by atoms with Gasteiger partial charge in [0.1, 0.15) is 0 Å². The fourth-order valence-corrected chi connectivity index (χ4v) is 3.47. The monoisotopic (exact) mass is 489 g/mol. The van der Waals surface area contributed by atoms with E-state index in [2.05, 4.69) is 16.0 Å². The Hall–Kier alpha value is -4.17. The van der Waals surface area contributed by atoms with Crippen LogP contribution in [-0.2, 0) is 4.79 Å². The van der Waals surface area contributed by atoms with E-state index in [0.29, 0.717) is 22.7 Å². The molecule has 0 bridgehead atoms. The summed E-state index contributed by atoms with van der Waals surface area (Å²) in [6, 6.07) is 21.8. The standard InChI is InChI=1S/C27H27N3O4S/c1-18(20-7-5-4-6-8-20)28-26(32)21-11-13-22(14-12-21)29-27(35)30-25(31)16-10-19-9-15-23(33-2)24(17-19)34-3/h4-18H,1-3H3,(H,28,32)(H2,29,30,31,35)/b16-10+. The summed E-state index contributed by atoms with van der Waals surface area (Å²) in [5, 5.41) is 8.64. The maximum absolute atomic E-state index is 12.5. The second-order valence-corrected chi connectivity index (χ2v) is 7.98. The summed E-state index contributed by atoms with van der Waals surface area (Å²) < 4.78 is 10.5. The number of nitrogens with one attached hydrogen (secondary N) is 3. The Morgan fingerprint density at radius 2 is 1.60 bits per heavy atom. The predicted molar refractivity (Wildman–Crippen MR) is 142 cm³/mol. The van der Waals surface area contributed by atoms with Crippen molar-refractivity contribution < 1.29 is 19.1 Å². The number of anilines is 1. The maximum Gasteiger partial charge on any atom is 0.251 e. The minimum atomic E-state index is -0.386. The summed E-state index contributed by atoms with van der Waals surface area (Å²) in [5.41, 5.74) is 2.96. The van der Waals surface area contributed by atoms with Crippen molar-refractivity contribution in [1.82, 2.24) is 10.6 Å². The van der Waals surface area contributed by atoms with E-state index in [9.17, 15) is 9.59 Å². The highest BCUT2D eigenvalue weighted by Gasteiger charge is 2.11. The normalized spacial score (nSPS) is 11.4. The van der Waals surface area contributed by atoms with E-state index in [1.54, 1.807) is 62.8 Å². The molecule has 35 heavy (non-hydrogen) atoms. The summed E-state index contributed by atoms with van der Waals surface area (Å²) in [7, 11) is 3.11. The molecule has 3 aromatic carbocycles. The molecule has 3 aromatic rings. The van der Waals surface area contributed by atoms with E-state index in [4.69, 9.17) is 21.7 Å². The van der Waals surface area contributed by atoms with Gasteiger partial charge < -0.3 is 20.1 Å². The molecule has 0 aromatic heterocycles. The number of methoxy groups -OCH3 is 2. The van der Waals surface area contributed by atoms with E-state index in [0.717, 1.165) is 11.1 Å². The molecule has 0 aliphatic rings. The lowest BCUT2D eigenvalue weighted by Gasteiger charge is -2.14. The van der Waals surface area contributed by atoms with Gasteiger partial charge in [-0.05, 0) is 72.7 Å². The van der Waals surface area contributed by atoms with E-state index in [-0.39, 0.29) is 23.0 Å². The van der Waals surface area contributed by atoms with Crippen LogP contribution in [0.25, 0.3) is 6.08 Å². The van der Waals surface area contributed by atoms with Gasteiger partial charge in [-0.2, -0.15) is 0 Å². The maximum atomic E-state index is 12.5. The van der Waals surface area contributed by atoms with Gasteiger partial charge in [-0.3, -0.25) is 14.9 Å². The molecule has 180 valence electrons. The topological polar surface area (TPSA) is 88.7 Å². The quantitative estimate of drug-likeness (QED) is 0.313. The second-order valence-electron chi connectivity index (χ2n) is 7.57. The molecular formula is C27H27N3O4S. The van der Waals surface area contributed by atoms with Crippen molar-refractivity contribution >= 4 is 40.9 Å². The Morgan fingerprint density at radius 3 is 2.26 bits per heavy atom. The lowest BCUT2D eigenvalue weighted by molar-refractivity contribution is -0.115. The van der Waals surface area contributed by atoms with Gasteiger partial charge in [0.15, 0.2) is 16.6 Å². The van der Waals surface area contributed by atoms with Crippen molar-refractivity contribution in [2.75, 3.05) is 19.5 Å². The van der Waals surface area contributed by atoms with Crippen molar-refractivity contribution in [3.05, 3.63) is 95.6 Å². The molecule has 0 saturated heterocycles. The molecule has 0 saturated carbocycles. The van der Waals surface area contributed by atoms with Gasteiger partial charge in [0.25, 0.3) is 5.91 Å². The first kappa shape index (κ1) is 25.5. The van der Waals surface area contributed by atoms with Crippen LogP contribution in [0.15, 0.2) is 78.9 Å². The molecule has 3 rings (SSSR count). The zero-order valence-corrected chi connectivity index (χ0v) is 20.5. The molecular weight excluding hydrogens is 462 g/mol. The summed E-state index contributed by atoms with van der Waals surface area (Å²) >= 11 is 5.22. The van der Waals surface area contributed by atoms with Gasteiger partial charge in [-0.25, -0.2) is 0 Å². The number of hydrogen-bond donors (Lipinski definition) is 3. The van der Waals surface area contributed by atoms with Crippen LogP contribution in [0.3, 0.4) is 0 Å². The van der Waals surface area contributed by atoms with Crippen LogP contribution in [0, 0.1) is 0 Å². The second kappa shape index (κ2) is 12.3. The lowest BCUT2D eigenvalue weighted by atomic mass is 10.1. The fraction of sp³-hybridized carbons (Fsp3) is 0.148. The zero-order valence-electron chi connectivity index (χ0n) is 19.7. The summed E-state index contributed by atoms with van der Waals surface area (Å²) in [5.74, 6) is 0.611. The van der Waals surface area contributed by atoms with Gasteiger partial charge in [0.2, 0.25) is 5.91 Å². The molecule has 0 heterocycles. The van der Waals surface area contributed by atoms with Gasteiger partial charge in [-0.1, -0.05) is 36.4 Å². The van der Waals surface area contributed by atoms with Crippen LogP contribution in [0.1, 0.15) is 34.5 Å². The molecule has 0 radical (unpaired) electrons. The summed E-state index contributed by atoms with van der Waals surface area (Å²) in [6.45, 7) is 1.93. The molecule has 0 fully saturated rings. The SMILES string of the molecule is COc1ccc(/C=C/C(=O)NC(=S)Nc2ccc(C(=O)NC(C)c3ccccc3)cc2)cc1OC. The molecule has 7 nitrogen and oxygen atoms in total. The molecule has 1 atom stereocenters. The van der Waals surface area contributed by atoms with Gasteiger partial charge in [-0.15, -0.1) is 0 Å². The van der Waals surface area contributed by atoms with Gasteiger partial charge >= 0.3 is 0 Å². The Kier molecular flexibility index (Phi) is 8.97.